The zero-order valence-corrected chi connectivity index (χ0v) is 19.4. The molecular formula is C20H35IN4O2. The Labute approximate surface area is 181 Å². The minimum atomic E-state index is 0. The fourth-order valence-corrected chi connectivity index (χ4v) is 3.04. The third-order valence-electron chi connectivity index (χ3n) is 4.26. The van der Waals surface area contributed by atoms with Gasteiger partial charge in [-0.15, -0.1) is 24.0 Å². The first-order chi connectivity index (χ1) is 12.6. The summed E-state index contributed by atoms with van der Waals surface area (Å²) in [7, 11) is 1.72. The Kier molecular flexibility index (Phi) is 11.5. The second-order valence-electron chi connectivity index (χ2n) is 6.98. The molecule has 1 atom stereocenters. The van der Waals surface area contributed by atoms with Gasteiger partial charge in [-0.25, -0.2) is 0 Å². The SMILES string of the molecule is CCNC(=NCCOCC(C)C)NC1CCN(c2ccccc2OC)C1.I. The molecule has 0 saturated carbocycles. The largest absolute Gasteiger partial charge is 0.495 e. The zero-order valence-electron chi connectivity index (χ0n) is 17.0. The first-order valence-electron chi connectivity index (χ1n) is 9.64. The first-order valence-corrected chi connectivity index (χ1v) is 9.64. The van der Waals surface area contributed by atoms with E-state index in [4.69, 9.17) is 9.47 Å². The van der Waals surface area contributed by atoms with Crippen LogP contribution in [0.2, 0.25) is 0 Å². The van der Waals surface area contributed by atoms with E-state index in [0.717, 1.165) is 50.1 Å². The van der Waals surface area contributed by atoms with Crippen molar-refractivity contribution in [2.75, 3.05) is 51.4 Å². The standard InChI is InChI=1S/C20H34N4O2.HI/c1-5-21-20(22-11-13-26-15-16(2)3)23-17-10-12-24(14-17)18-8-6-7-9-19(18)25-4;/h6-9,16-17H,5,10-15H2,1-4H3,(H2,21,22,23);1H. The number of halogens is 1. The normalized spacial score (nSPS) is 17.0. The number of aliphatic imine (C=N–C) groups is 1. The summed E-state index contributed by atoms with van der Waals surface area (Å²) in [4.78, 5) is 7.00. The summed E-state index contributed by atoms with van der Waals surface area (Å²) in [5.74, 6) is 2.35. The van der Waals surface area contributed by atoms with E-state index in [-0.39, 0.29) is 24.0 Å². The summed E-state index contributed by atoms with van der Waals surface area (Å²) in [5, 5.41) is 6.88. The van der Waals surface area contributed by atoms with Crippen LogP contribution >= 0.6 is 24.0 Å². The minimum Gasteiger partial charge on any atom is -0.495 e. The van der Waals surface area contributed by atoms with Gasteiger partial charge >= 0.3 is 0 Å². The van der Waals surface area contributed by atoms with Crippen LogP contribution in [-0.4, -0.2) is 58.5 Å². The van der Waals surface area contributed by atoms with Crippen molar-refractivity contribution in [1.29, 1.82) is 0 Å². The molecule has 0 amide bonds. The molecule has 1 aromatic carbocycles. The first kappa shape index (κ1) is 23.8. The third kappa shape index (κ3) is 8.13. The van der Waals surface area contributed by atoms with Gasteiger partial charge in [0.2, 0.25) is 0 Å². The Bertz CT molecular complexity index is 569. The van der Waals surface area contributed by atoms with E-state index in [1.807, 2.05) is 12.1 Å². The van der Waals surface area contributed by atoms with Crippen LogP contribution in [0.5, 0.6) is 5.75 Å². The number of hydrogen-bond acceptors (Lipinski definition) is 4. The number of nitrogens with zero attached hydrogens (tertiary/aromatic N) is 2. The average molecular weight is 490 g/mol. The molecule has 0 aliphatic carbocycles. The predicted octanol–water partition coefficient (Wildman–Crippen LogP) is 3.12. The summed E-state index contributed by atoms with van der Waals surface area (Å²) in [5.41, 5.74) is 1.16. The van der Waals surface area contributed by atoms with E-state index in [2.05, 4.69) is 53.4 Å². The van der Waals surface area contributed by atoms with Gasteiger partial charge in [0.1, 0.15) is 5.75 Å². The van der Waals surface area contributed by atoms with Crippen molar-refractivity contribution in [2.24, 2.45) is 10.9 Å². The van der Waals surface area contributed by atoms with Gasteiger partial charge in [0, 0.05) is 32.3 Å². The number of rotatable bonds is 9. The van der Waals surface area contributed by atoms with Crippen LogP contribution in [-0.2, 0) is 4.74 Å². The second-order valence-corrected chi connectivity index (χ2v) is 6.98. The summed E-state index contributed by atoms with van der Waals surface area (Å²) >= 11 is 0. The molecule has 2 N–H and O–H groups in total. The molecule has 154 valence electrons. The lowest BCUT2D eigenvalue weighted by Crippen LogP contribution is -2.44. The molecule has 1 fully saturated rings. The van der Waals surface area contributed by atoms with Gasteiger partial charge in [-0.05, 0) is 31.4 Å². The minimum absolute atomic E-state index is 0. The predicted molar refractivity (Wildman–Crippen MR) is 124 cm³/mol. The summed E-state index contributed by atoms with van der Waals surface area (Å²) in [6.45, 7) is 11.3. The molecule has 6 nitrogen and oxygen atoms in total. The van der Waals surface area contributed by atoms with Crippen molar-refractivity contribution in [2.45, 2.75) is 33.2 Å². The molecule has 27 heavy (non-hydrogen) atoms. The Balaban J connectivity index is 0.00000364. The van der Waals surface area contributed by atoms with Crippen molar-refractivity contribution in [1.82, 2.24) is 10.6 Å². The topological polar surface area (TPSA) is 58.1 Å². The molecule has 1 aliphatic rings. The van der Waals surface area contributed by atoms with Crippen LogP contribution in [0.3, 0.4) is 0 Å². The zero-order chi connectivity index (χ0) is 18.8. The number of anilines is 1. The molecule has 2 rings (SSSR count). The average Bonchev–Trinajstić information content (AvgIpc) is 3.09. The van der Waals surface area contributed by atoms with Crippen molar-refractivity contribution in [3.63, 3.8) is 0 Å². The van der Waals surface area contributed by atoms with E-state index in [1.54, 1.807) is 7.11 Å². The lowest BCUT2D eigenvalue weighted by Gasteiger charge is -2.22. The molecule has 1 heterocycles. The molecule has 1 saturated heterocycles. The smallest absolute Gasteiger partial charge is 0.191 e. The van der Waals surface area contributed by atoms with Crippen molar-refractivity contribution < 1.29 is 9.47 Å². The van der Waals surface area contributed by atoms with E-state index >= 15 is 0 Å². The molecule has 1 aromatic rings. The van der Waals surface area contributed by atoms with E-state index < -0.39 is 0 Å². The van der Waals surface area contributed by atoms with Crippen LogP contribution in [0.25, 0.3) is 0 Å². The van der Waals surface area contributed by atoms with Crippen LogP contribution in [0.15, 0.2) is 29.3 Å². The maximum atomic E-state index is 5.61. The Hall–Kier alpha value is -1.22. The van der Waals surface area contributed by atoms with Gasteiger partial charge < -0.3 is 25.0 Å². The number of ether oxygens (including phenoxy) is 2. The molecule has 7 heteroatoms. The summed E-state index contributed by atoms with van der Waals surface area (Å²) < 4.78 is 11.1. The van der Waals surface area contributed by atoms with Crippen molar-refractivity contribution in [3.05, 3.63) is 24.3 Å². The highest BCUT2D eigenvalue weighted by molar-refractivity contribution is 14.0. The maximum Gasteiger partial charge on any atom is 0.191 e. The van der Waals surface area contributed by atoms with Gasteiger partial charge in [-0.1, -0.05) is 26.0 Å². The third-order valence-corrected chi connectivity index (χ3v) is 4.26. The molecule has 0 bridgehead atoms. The molecule has 0 radical (unpaired) electrons. The quantitative estimate of drug-likeness (QED) is 0.241. The highest BCUT2D eigenvalue weighted by atomic mass is 127. The van der Waals surface area contributed by atoms with Crippen LogP contribution in [0.1, 0.15) is 27.2 Å². The Morgan fingerprint density at radius 1 is 1.33 bits per heavy atom. The monoisotopic (exact) mass is 490 g/mol. The Morgan fingerprint density at radius 2 is 2.11 bits per heavy atom. The van der Waals surface area contributed by atoms with E-state index in [1.165, 1.54) is 0 Å². The molecular weight excluding hydrogens is 455 g/mol. The lowest BCUT2D eigenvalue weighted by atomic mass is 10.2. The maximum absolute atomic E-state index is 5.61. The number of hydrogen-bond donors (Lipinski definition) is 2. The number of guanidine groups is 1. The highest BCUT2D eigenvalue weighted by Gasteiger charge is 2.25. The molecule has 1 unspecified atom stereocenters. The van der Waals surface area contributed by atoms with Gasteiger partial charge in [0.25, 0.3) is 0 Å². The molecule has 0 aromatic heterocycles. The molecule has 1 aliphatic heterocycles. The summed E-state index contributed by atoms with van der Waals surface area (Å²) in [6, 6.07) is 8.56. The number of benzene rings is 1. The van der Waals surface area contributed by atoms with E-state index in [0.29, 0.717) is 25.1 Å². The van der Waals surface area contributed by atoms with Gasteiger partial charge in [0.15, 0.2) is 5.96 Å². The van der Waals surface area contributed by atoms with E-state index in [9.17, 15) is 0 Å². The Morgan fingerprint density at radius 3 is 2.81 bits per heavy atom. The van der Waals surface area contributed by atoms with Crippen molar-refractivity contribution >= 4 is 35.6 Å². The van der Waals surface area contributed by atoms with Crippen LogP contribution in [0.4, 0.5) is 5.69 Å². The van der Waals surface area contributed by atoms with Crippen LogP contribution in [0, 0.1) is 5.92 Å². The lowest BCUT2D eigenvalue weighted by molar-refractivity contribution is 0.117. The van der Waals surface area contributed by atoms with Gasteiger partial charge in [-0.3, -0.25) is 4.99 Å². The summed E-state index contributed by atoms with van der Waals surface area (Å²) in [6.07, 6.45) is 1.08. The molecule has 0 spiro atoms. The fraction of sp³-hybridized carbons (Fsp3) is 0.650. The van der Waals surface area contributed by atoms with Crippen LogP contribution < -0.4 is 20.3 Å². The fourth-order valence-electron chi connectivity index (χ4n) is 3.04. The van der Waals surface area contributed by atoms with Crippen molar-refractivity contribution in [3.8, 4) is 5.75 Å². The van der Waals surface area contributed by atoms with Gasteiger partial charge in [-0.2, -0.15) is 0 Å². The number of methoxy groups -OCH3 is 1. The second kappa shape index (κ2) is 13.0. The highest BCUT2D eigenvalue weighted by Crippen LogP contribution is 2.30. The number of nitrogens with one attached hydrogen (secondary N) is 2. The van der Waals surface area contributed by atoms with Gasteiger partial charge in [0.05, 0.1) is 25.9 Å². The number of para-hydroxylation sites is 2.